The number of hydrogen-bond donors (Lipinski definition) is 0. The first-order chi connectivity index (χ1) is 12.2. The summed E-state index contributed by atoms with van der Waals surface area (Å²) >= 11 is 1.82. The lowest BCUT2D eigenvalue weighted by Gasteiger charge is -2.33. The van der Waals surface area contributed by atoms with Gasteiger partial charge in [-0.1, -0.05) is 0 Å². The number of aryl methyl sites for hydroxylation is 2. The van der Waals surface area contributed by atoms with Crippen molar-refractivity contribution < 1.29 is 0 Å². The fourth-order valence-electron chi connectivity index (χ4n) is 3.29. The van der Waals surface area contributed by atoms with Crippen LogP contribution in [0, 0.1) is 13.8 Å². The first-order valence-corrected chi connectivity index (χ1v) is 9.44. The third kappa shape index (κ3) is 3.54. The van der Waals surface area contributed by atoms with Crippen molar-refractivity contribution in [3.05, 3.63) is 52.4 Å². The minimum Gasteiger partial charge on any atom is -0.356 e. The fourth-order valence-corrected chi connectivity index (χ4v) is 4.19. The number of hydrogen-bond acceptors (Lipinski definition) is 6. The molecule has 0 radical (unpaired) electrons. The molecule has 3 aromatic heterocycles. The molecule has 1 saturated heterocycles. The molecule has 0 aliphatic carbocycles. The topological polar surface area (TPSA) is 54.8 Å². The Balaban J connectivity index is 1.61. The molecule has 0 bridgehead atoms. The normalized spacial score (nSPS) is 17.7. The van der Waals surface area contributed by atoms with Gasteiger partial charge in [-0.25, -0.2) is 15.0 Å². The monoisotopic (exact) mass is 351 g/mol. The van der Waals surface area contributed by atoms with Crippen molar-refractivity contribution in [1.29, 1.82) is 0 Å². The molecule has 0 N–H and O–H groups in total. The fraction of sp³-hybridized carbons (Fsp3) is 0.368. The third-order valence-corrected chi connectivity index (χ3v) is 5.59. The average Bonchev–Trinajstić information content (AvgIpc) is 3.08. The molecular formula is C19H21N5S. The molecule has 5 nitrogen and oxygen atoms in total. The molecule has 1 fully saturated rings. The van der Waals surface area contributed by atoms with Gasteiger partial charge in [0, 0.05) is 59.8 Å². The minimum absolute atomic E-state index is 0.493. The van der Waals surface area contributed by atoms with E-state index >= 15 is 0 Å². The maximum Gasteiger partial charge on any atom is 0.161 e. The predicted octanol–water partition coefficient (Wildman–Crippen LogP) is 4.00. The van der Waals surface area contributed by atoms with Gasteiger partial charge < -0.3 is 4.90 Å². The highest BCUT2D eigenvalue weighted by molar-refractivity contribution is 7.11. The standard InChI is InChI=1S/C19H21N5S/c1-13-10-17(23-18(22-13)15-5-7-20-8-6-15)24-9-3-4-16(12-24)19-21-11-14(2)25-19/h5-8,10-11,16H,3-4,9,12H2,1-2H3/t16-/m1/s1. The smallest absolute Gasteiger partial charge is 0.161 e. The summed E-state index contributed by atoms with van der Waals surface area (Å²) in [5.41, 5.74) is 1.99. The van der Waals surface area contributed by atoms with Crippen LogP contribution in [0.3, 0.4) is 0 Å². The van der Waals surface area contributed by atoms with E-state index in [-0.39, 0.29) is 0 Å². The first kappa shape index (κ1) is 16.1. The third-order valence-electron chi connectivity index (χ3n) is 4.51. The zero-order valence-corrected chi connectivity index (χ0v) is 15.3. The quantitative estimate of drug-likeness (QED) is 0.714. The lowest BCUT2D eigenvalue weighted by atomic mass is 9.99. The van der Waals surface area contributed by atoms with E-state index < -0.39 is 0 Å². The molecule has 1 aliphatic heterocycles. The first-order valence-electron chi connectivity index (χ1n) is 8.62. The van der Waals surface area contributed by atoms with Gasteiger partial charge in [0.1, 0.15) is 5.82 Å². The van der Waals surface area contributed by atoms with Crippen LogP contribution in [-0.4, -0.2) is 33.0 Å². The van der Waals surface area contributed by atoms with Gasteiger partial charge in [0.2, 0.25) is 0 Å². The van der Waals surface area contributed by atoms with E-state index in [4.69, 9.17) is 4.98 Å². The minimum atomic E-state index is 0.493. The van der Waals surface area contributed by atoms with Crippen molar-refractivity contribution in [3.8, 4) is 11.4 Å². The lowest BCUT2D eigenvalue weighted by molar-refractivity contribution is 0.505. The van der Waals surface area contributed by atoms with Crippen molar-refractivity contribution in [2.45, 2.75) is 32.6 Å². The number of rotatable bonds is 3. The SMILES string of the molecule is Cc1cc(N2CCC[C@@H](c3ncc(C)s3)C2)nc(-c2ccncc2)n1. The van der Waals surface area contributed by atoms with Gasteiger partial charge in [-0.3, -0.25) is 4.98 Å². The van der Waals surface area contributed by atoms with Crippen LogP contribution in [0.25, 0.3) is 11.4 Å². The molecule has 0 aromatic carbocycles. The molecule has 4 rings (SSSR count). The predicted molar refractivity (Wildman–Crippen MR) is 101 cm³/mol. The zero-order chi connectivity index (χ0) is 17.2. The van der Waals surface area contributed by atoms with Crippen LogP contribution in [0.1, 0.15) is 34.3 Å². The Morgan fingerprint density at radius 3 is 2.76 bits per heavy atom. The van der Waals surface area contributed by atoms with E-state index in [2.05, 4.69) is 32.8 Å². The molecule has 0 amide bonds. The lowest BCUT2D eigenvalue weighted by Crippen LogP contribution is -2.35. The van der Waals surface area contributed by atoms with Crippen molar-refractivity contribution >= 4 is 17.2 Å². The van der Waals surface area contributed by atoms with Crippen LogP contribution in [0.15, 0.2) is 36.8 Å². The highest BCUT2D eigenvalue weighted by atomic mass is 32.1. The van der Waals surface area contributed by atoms with Crippen molar-refractivity contribution in [2.75, 3.05) is 18.0 Å². The van der Waals surface area contributed by atoms with Crippen molar-refractivity contribution in [3.63, 3.8) is 0 Å². The second-order valence-corrected chi connectivity index (χ2v) is 7.79. The van der Waals surface area contributed by atoms with Gasteiger partial charge in [0.25, 0.3) is 0 Å². The largest absolute Gasteiger partial charge is 0.356 e. The van der Waals surface area contributed by atoms with Gasteiger partial charge >= 0.3 is 0 Å². The second kappa shape index (κ2) is 6.88. The van der Waals surface area contributed by atoms with Crippen LogP contribution in [0.5, 0.6) is 0 Å². The van der Waals surface area contributed by atoms with Crippen LogP contribution in [0.2, 0.25) is 0 Å². The van der Waals surface area contributed by atoms with Gasteiger partial charge in [-0.15, -0.1) is 11.3 Å². The number of anilines is 1. The molecule has 3 aromatic rings. The summed E-state index contributed by atoms with van der Waals surface area (Å²) in [6.45, 7) is 6.16. The second-order valence-electron chi connectivity index (χ2n) is 6.52. The summed E-state index contributed by atoms with van der Waals surface area (Å²) in [5.74, 6) is 2.27. The summed E-state index contributed by atoms with van der Waals surface area (Å²) < 4.78 is 0. The summed E-state index contributed by atoms with van der Waals surface area (Å²) in [5, 5.41) is 1.25. The number of aromatic nitrogens is 4. The number of thiazole rings is 1. The van der Waals surface area contributed by atoms with Crippen molar-refractivity contribution in [1.82, 2.24) is 19.9 Å². The Morgan fingerprint density at radius 1 is 1.16 bits per heavy atom. The van der Waals surface area contributed by atoms with Crippen LogP contribution >= 0.6 is 11.3 Å². The number of pyridine rings is 1. The molecule has 6 heteroatoms. The molecular weight excluding hydrogens is 330 g/mol. The van der Waals surface area contributed by atoms with E-state index in [0.717, 1.165) is 42.4 Å². The average molecular weight is 351 g/mol. The summed E-state index contributed by atoms with van der Waals surface area (Å²) in [6, 6.07) is 5.99. The van der Waals surface area contributed by atoms with Gasteiger partial charge in [-0.05, 0) is 38.8 Å². The maximum absolute atomic E-state index is 4.83. The number of nitrogens with zero attached hydrogens (tertiary/aromatic N) is 5. The van der Waals surface area contributed by atoms with Gasteiger partial charge in [-0.2, -0.15) is 0 Å². The summed E-state index contributed by atoms with van der Waals surface area (Å²) in [7, 11) is 0. The highest BCUT2D eigenvalue weighted by Crippen LogP contribution is 2.32. The van der Waals surface area contributed by atoms with Crippen LogP contribution in [0.4, 0.5) is 5.82 Å². The Hall–Kier alpha value is -2.34. The molecule has 4 heterocycles. The van der Waals surface area contributed by atoms with Crippen LogP contribution < -0.4 is 4.90 Å². The highest BCUT2D eigenvalue weighted by Gasteiger charge is 2.25. The Morgan fingerprint density at radius 2 is 2.00 bits per heavy atom. The summed E-state index contributed by atoms with van der Waals surface area (Å²) in [6.07, 6.45) is 7.90. The van der Waals surface area contributed by atoms with E-state index in [0.29, 0.717) is 5.92 Å². The zero-order valence-electron chi connectivity index (χ0n) is 14.5. The van der Waals surface area contributed by atoms with E-state index in [1.807, 2.05) is 36.6 Å². The van der Waals surface area contributed by atoms with E-state index in [1.54, 1.807) is 12.4 Å². The van der Waals surface area contributed by atoms with Gasteiger partial charge in [0.15, 0.2) is 5.82 Å². The Bertz CT molecular complexity index is 861. The maximum atomic E-state index is 4.83. The molecule has 1 aliphatic rings. The molecule has 0 spiro atoms. The molecule has 0 unspecified atom stereocenters. The summed E-state index contributed by atoms with van der Waals surface area (Å²) in [4.78, 5) is 21.8. The molecule has 25 heavy (non-hydrogen) atoms. The number of piperidine rings is 1. The molecule has 128 valence electrons. The Labute approximate surface area is 151 Å². The molecule has 1 atom stereocenters. The van der Waals surface area contributed by atoms with E-state index in [9.17, 15) is 0 Å². The van der Waals surface area contributed by atoms with Gasteiger partial charge in [0.05, 0.1) is 5.01 Å². The molecule has 0 saturated carbocycles. The van der Waals surface area contributed by atoms with Crippen LogP contribution in [-0.2, 0) is 0 Å². The van der Waals surface area contributed by atoms with Crippen molar-refractivity contribution in [2.24, 2.45) is 0 Å². The Kier molecular flexibility index (Phi) is 4.44. The van der Waals surface area contributed by atoms with E-state index in [1.165, 1.54) is 16.3 Å².